The molecule has 0 amide bonds. The number of aromatic nitrogens is 4. The smallest absolute Gasteiger partial charge is 0.417 e. The van der Waals surface area contributed by atoms with E-state index in [1.165, 1.54) is 12.1 Å². The molecule has 0 unspecified atom stereocenters. The van der Waals surface area contributed by atoms with E-state index in [-0.39, 0.29) is 16.8 Å². The van der Waals surface area contributed by atoms with Crippen molar-refractivity contribution in [2.24, 2.45) is 5.92 Å². The molecule has 12 heteroatoms. The lowest BCUT2D eigenvalue weighted by atomic mass is 9.95. The number of benzene rings is 2. The van der Waals surface area contributed by atoms with Crippen molar-refractivity contribution in [2.45, 2.75) is 37.8 Å². The molecule has 0 atom stereocenters. The first kappa shape index (κ1) is 27.5. The van der Waals surface area contributed by atoms with Crippen molar-refractivity contribution in [3.63, 3.8) is 0 Å². The molecule has 2 fully saturated rings. The van der Waals surface area contributed by atoms with Crippen molar-refractivity contribution >= 4 is 51.8 Å². The van der Waals surface area contributed by atoms with Crippen LogP contribution in [-0.2, 0) is 6.18 Å². The van der Waals surface area contributed by atoms with Gasteiger partial charge in [-0.3, -0.25) is 0 Å². The fourth-order valence-electron chi connectivity index (χ4n) is 5.29. The van der Waals surface area contributed by atoms with Crippen LogP contribution in [0.25, 0.3) is 22.7 Å². The van der Waals surface area contributed by atoms with Gasteiger partial charge in [0.05, 0.1) is 32.5 Å². The van der Waals surface area contributed by atoms with Crippen LogP contribution in [0.15, 0.2) is 48.5 Å². The van der Waals surface area contributed by atoms with Crippen molar-refractivity contribution < 1.29 is 23.1 Å². The molecule has 6 rings (SSSR count). The number of pyridine rings is 1. The number of rotatable bonds is 6. The third-order valence-electron chi connectivity index (χ3n) is 7.59. The molecule has 2 aliphatic rings. The average molecular weight is 602 g/mol. The predicted molar refractivity (Wildman–Crippen MR) is 151 cm³/mol. The number of aromatic carboxylic acids is 1. The van der Waals surface area contributed by atoms with Crippen molar-refractivity contribution in [3.8, 4) is 5.69 Å². The molecule has 2 aromatic heterocycles. The first-order chi connectivity index (χ1) is 19.6. The molecule has 1 aliphatic heterocycles. The van der Waals surface area contributed by atoms with Gasteiger partial charge in [-0.05, 0) is 74.1 Å². The minimum Gasteiger partial charge on any atom is -0.477 e. The summed E-state index contributed by atoms with van der Waals surface area (Å²) in [6, 6.07) is 10.5. The number of hydrogen-bond acceptors (Lipinski definition) is 5. The van der Waals surface area contributed by atoms with Crippen LogP contribution in [0.3, 0.4) is 0 Å². The fourth-order valence-corrected chi connectivity index (χ4v) is 5.85. The largest absolute Gasteiger partial charge is 0.477 e. The number of alkyl halides is 3. The molecule has 7 nitrogen and oxygen atoms in total. The second-order valence-corrected chi connectivity index (χ2v) is 11.2. The van der Waals surface area contributed by atoms with E-state index in [0.717, 1.165) is 37.1 Å². The molecule has 0 spiro atoms. The first-order valence-electron chi connectivity index (χ1n) is 13.2. The second kappa shape index (κ2) is 10.6. The Morgan fingerprint density at radius 1 is 1.02 bits per heavy atom. The Bertz CT molecular complexity index is 1650. The van der Waals surface area contributed by atoms with Crippen LogP contribution in [0.2, 0.25) is 10.0 Å². The normalized spacial score (nSPS) is 16.7. The van der Waals surface area contributed by atoms with Gasteiger partial charge in [0, 0.05) is 30.1 Å². The van der Waals surface area contributed by atoms with Gasteiger partial charge >= 0.3 is 12.1 Å². The lowest BCUT2D eigenvalue weighted by Crippen LogP contribution is -2.33. The van der Waals surface area contributed by atoms with Crippen LogP contribution in [0.5, 0.6) is 0 Å². The Morgan fingerprint density at radius 3 is 2.37 bits per heavy atom. The zero-order valence-corrected chi connectivity index (χ0v) is 23.1. The summed E-state index contributed by atoms with van der Waals surface area (Å²) in [5, 5.41) is 18.8. The topological polar surface area (TPSA) is 84.1 Å². The Labute approximate surface area is 243 Å². The monoisotopic (exact) mass is 601 g/mol. The number of piperidine rings is 1. The highest BCUT2D eigenvalue weighted by Gasteiger charge is 2.35. The van der Waals surface area contributed by atoms with Crippen LogP contribution >= 0.6 is 23.2 Å². The molecule has 1 saturated heterocycles. The molecule has 41 heavy (non-hydrogen) atoms. The number of nitrogens with zero attached hydrogens (tertiary/aromatic N) is 5. The fraction of sp³-hybridized carbons (Fsp3) is 0.310. The van der Waals surface area contributed by atoms with E-state index in [9.17, 15) is 23.1 Å². The van der Waals surface area contributed by atoms with Crippen molar-refractivity contribution in [2.75, 3.05) is 18.0 Å². The molecule has 4 aromatic rings. The summed E-state index contributed by atoms with van der Waals surface area (Å²) in [7, 11) is 0. The van der Waals surface area contributed by atoms with Gasteiger partial charge in [0.15, 0.2) is 0 Å². The van der Waals surface area contributed by atoms with Crippen LogP contribution in [0.1, 0.15) is 59.0 Å². The van der Waals surface area contributed by atoms with E-state index >= 15 is 0 Å². The molecule has 1 saturated carbocycles. The van der Waals surface area contributed by atoms with Gasteiger partial charge in [-0.2, -0.15) is 13.2 Å². The summed E-state index contributed by atoms with van der Waals surface area (Å²) in [4.78, 5) is 17.3. The molecular formula is C29H24Cl2F3N5O2. The minimum absolute atomic E-state index is 0.00546. The van der Waals surface area contributed by atoms with Crippen molar-refractivity contribution in [3.05, 3.63) is 81.2 Å². The SMILES string of the molecule is O=C(O)c1cc(C(F)(F)F)c2cc(N3CCC(C=Cc4c(C5CC5)nnn4-c4c(Cl)cccc4Cl)CC3)ccc2n1. The van der Waals surface area contributed by atoms with Gasteiger partial charge < -0.3 is 10.0 Å². The second-order valence-electron chi connectivity index (χ2n) is 10.4. The number of halogens is 5. The van der Waals surface area contributed by atoms with Gasteiger partial charge in [-0.1, -0.05) is 40.6 Å². The Balaban J connectivity index is 1.22. The molecule has 212 valence electrons. The highest BCUT2D eigenvalue weighted by atomic mass is 35.5. The summed E-state index contributed by atoms with van der Waals surface area (Å²) < 4.78 is 43.0. The van der Waals surface area contributed by atoms with E-state index in [1.807, 2.05) is 11.0 Å². The maximum atomic E-state index is 13.8. The maximum Gasteiger partial charge on any atom is 0.417 e. The quantitative estimate of drug-likeness (QED) is 0.244. The molecule has 1 N–H and O–H groups in total. The highest BCUT2D eigenvalue weighted by Crippen LogP contribution is 2.42. The number of carbonyl (C=O) groups is 1. The molecular weight excluding hydrogens is 578 g/mol. The zero-order valence-electron chi connectivity index (χ0n) is 21.6. The van der Waals surface area contributed by atoms with E-state index in [1.54, 1.807) is 28.9 Å². The number of fused-ring (bicyclic) bond motifs is 1. The third kappa shape index (κ3) is 5.50. The number of allylic oxidation sites excluding steroid dienone is 1. The molecule has 2 aromatic carbocycles. The lowest BCUT2D eigenvalue weighted by molar-refractivity contribution is -0.136. The number of carboxylic acid groups (broad SMARTS) is 1. The number of anilines is 1. The summed E-state index contributed by atoms with van der Waals surface area (Å²) in [6.45, 7) is 1.29. The van der Waals surface area contributed by atoms with E-state index in [4.69, 9.17) is 23.2 Å². The van der Waals surface area contributed by atoms with Gasteiger partial charge in [-0.25, -0.2) is 14.5 Å². The molecule has 0 bridgehead atoms. The minimum atomic E-state index is -4.71. The summed E-state index contributed by atoms with van der Waals surface area (Å²) in [6.07, 6.45) is 3.17. The number of para-hydroxylation sites is 1. The van der Waals surface area contributed by atoms with Crippen LogP contribution in [-0.4, -0.2) is 44.1 Å². The lowest BCUT2D eigenvalue weighted by Gasteiger charge is -2.32. The average Bonchev–Trinajstić information content (AvgIpc) is 3.70. The summed E-state index contributed by atoms with van der Waals surface area (Å²) in [5.41, 5.74) is 1.36. The third-order valence-corrected chi connectivity index (χ3v) is 8.20. The zero-order chi connectivity index (χ0) is 28.9. The van der Waals surface area contributed by atoms with Gasteiger partial charge in [-0.15, -0.1) is 5.10 Å². The maximum absolute atomic E-state index is 13.8. The summed E-state index contributed by atoms with van der Waals surface area (Å²) >= 11 is 12.9. The molecule has 3 heterocycles. The molecule has 0 radical (unpaired) electrons. The predicted octanol–water partition coefficient (Wildman–Crippen LogP) is 7.65. The van der Waals surface area contributed by atoms with Crippen LogP contribution < -0.4 is 4.90 Å². The summed E-state index contributed by atoms with van der Waals surface area (Å²) in [5.74, 6) is -0.897. The number of hydrogen-bond donors (Lipinski definition) is 1. The first-order valence-corrected chi connectivity index (χ1v) is 13.9. The standard InChI is InChI=1S/C29H24Cl2F3N5O2/c30-21-2-1-3-22(31)27(21)39-25(26(36-37-39)17-5-6-17)9-4-16-10-12-38(13-11-16)18-7-8-23-19(14-18)20(29(32,33)34)15-24(35-23)28(40)41/h1-4,7-9,14-17H,5-6,10-13H2,(H,40,41). The van der Waals surface area contributed by atoms with E-state index < -0.39 is 23.4 Å². The van der Waals surface area contributed by atoms with E-state index in [2.05, 4.69) is 21.4 Å². The highest BCUT2D eigenvalue weighted by molar-refractivity contribution is 6.37. The van der Waals surface area contributed by atoms with Crippen LogP contribution in [0, 0.1) is 5.92 Å². The Kier molecular flexibility index (Phi) is 7.15. The van der Waals surface area contributed by atoms with E-state index in [0.29, 0.717) is 46.5 Å². The van der Waals surface area contributed by atoms with Crippen LogP contribution in [0.4, 0.5) is 18.9 Å². The Hall–Kier alpha value is -3.63. The van der Waals surface area contributed by atoms with Crippen molar-refractivity contribution in [1.29, 1.82) is 0 Å². The molecule has 1 aliphatic carbocycles. The van der Waals surface area contributed by atoms with Gasteiger partial charge in [0.1, 0.15) is 11.4 Å². The number of carboxylic acids is 1. The Morgan fingerprint density at radius 2 is 1.73 bits per heavy atom. The van der Waals surface area contributed by atoms with Gasteiger partial charge in [0.25, 0.3) is 0 Å². The van der Waals surface area contributed by atoms with Crippen molar-refractivity contribution in [1.82, 2.24) is 20.0 Å². The van der Waals surface area contributed by atoms with Gasteiger partial charge in [0.2, 0.25) is 0 Å².